The average Bonchev–Trinajstić information content (AvgIpc) is 2.67. The molecule has 1 aliphatic rings. The molecule has 0 amide bonds. The Labute approximate surface area is 172 Å². The maximum absolute atomic E-state index is 6.00. The van der Waals surface area contributed by atoms with Crippen LogP contribution in [0.2, 0.25) is 0 Å². The minimum atomic E-state index is 0. The Balaban J connectivity index is 0.00000243. The molecule has 0 saturated heterocycles. The summed E-state index contributed by atoms with van der Waals surface area (Å²) in [5.41, 5.74) is 8.03. The van der Waals surface area contributed by atoms with Crippen LogP contribution in [0.3, 0.4) is 0 Å². The van der Waals surface area contributed by atoms with Crippen molar-refractivity contribution >= 4 is 29.9 Å². The number of rotatable bonds is 6. The van der Waals surface area contributed by atoms with Gasteiger partial charge in [0, 0.05) is 12.2 Å². The minimum absolute atomic E-state index is 0. The van der Waals surface area contributed by atoms with Gasteiger partial charge in [-0.15, -0.1) is 24.0 Å². The van der Waals surface area contributed by atoms with Crippen molar-refractivity contribution in [2.75, 3.05) is 0 Å². The SMILES string of the molecule is I.NC(=NCc1ccc(OCc2ccccn2)cc1)NC1CCCCC1. The van der Waals surface area contributed by atoms with Gasteiger partial charge in [-0.05, 0) is 42.7 Å². The van der Waals surface area contributed by atoms with E-state index >= 15 is 0 Å². The van der Waals surface area contributed by atoms with Gasteiger partial charge in [-0.3, -0.25) is 4.98 Å². The standard InChI is InChI=1S/C20H26N4O.HI/c21-20(24-17-6-2-1-3-7-17)23-14-16-9-11-19(12-10-16)25-15-18-8-4-5-13-22-18;/h4-5,8-13,17H,1-3,6-7,14-15H2,(H3,21,23,24);1H. The van der Waals surface area contributed by atoms with Crippen molar-refractivity contribution in [3.8, 4) is 5.75 Å². The van der Waals surface area contributed by atoms with Gasteiger partial charge in [0.15, 0.2) is 5.96 Å². The van der Waals surface area contributed by atoms with E-state index in [1.807, 2.05) is 42.5 Å². The molecular weight excluding hydrogens is 439 g/mol. The van der Waals surface area contributed by atoms with E-state index < -0.39 is 0 Å². The lowest BCUT2D eigenvalue weighted by molar-refractivity contribution is 0.301. The maximum atomic E-state index is 6.00. The number of hydrogen-bond acceptors (Lipinski definition) is 3. The predicted molar refractivity (Wildman–Crippen MR) is 116 cm³/mol. The summed E-state index contributed by atoms with van der Waals surface area (Å²) in [6.07, 6.45) is 8.06. The van der Waals surface area contributed by atoms with Crippen molar-refractivity contribution < 1.29 is 4.74 Å². The van der Waals surface area contributed by atoms with E-state index in [-0.39, 0.29) is 24.0 Å². The number of benzene rings is 1. The third kappa shape index (κ3) is 6.82. The highest BCUT2D eigenvalue weighted by molar-refractivity contribution is 14.0. The molecule has 1 fully saturated rings. The minimum Gasteiger partial charge on any atom is -0.487 e. The molecular formula is C20H27IN4O. The van der Waals surface area contributed by atoms with Crippen molar-refractivity contribution in [2.45, 2.75) is 51.3 Å². The maximum Gasteiger partial charge on any atom is 0.189 e. The van der Waals surface area contributed by atoms with Crippen LogP contribution in [-0.2, 0) is 13.2 Å². The van der Waals surface area contributed by atoms with Crippen LogP contribution >= 0.6 is 24.0 Å². The van der Waals surface area contributed by atoms with Crippen LogP contribution in [0.1, 0.15) is 43.4 Å². The molecule has 0 atom stereocenters. The summed E-state index contributed by atoms with van der Waals surface area (Å²) in [5, 5.41) is 3.34. The van der Waals surface area contributed by atoms with Gasteiger partial charge in [-0.25, -0.2) is 4.99 Å². The summed E-state index contributed by atoms with van der Waals surface area (Å²) in [6.45, 7) is 1.04. The number of aliphatic imine (C=N–C) groups is 1. The van der Waals surface area contributed by atoms with E-state index in [4.69, 9.17) is 10.5 Å². The number of ether oxygens (including phenoxy) is 1. The number of pyridine rings is 1. The number of nitrogens with one attached hydrogen (secondary N) is 1. The van der Waals surface area contributed by atoms with Crippen LogP contribution in [-0.4, -0.2) is 17.0 Å². The molecule has 0 spiro atoms. The Bertz CT molecular complexity index is 670. The number of nitrogens with zero attached hydrogens (tertiary/aromatic N) is 2. The van der Waals surface area contributed by atoms with Crippen LogP contribution in [0.4, 0.5) is 0 Å². The molecule has 26 heavy (non-hydrogen) atoms. The van der Waals surface area contributed by atoms with E-state index in [1.165, 1.54) is 32.1 Å². The molecule has 5 nitrogen and oxygen atoms in total. The fourth-order valence-corrected chi connectivity index (χ4v) is 3.01. The molecule has 0 unspecified atom stereocenters. The predicted octanol–water partition coefficient (Wildman–Crippen LogP) is 4.02. The molecule has 0 radical (unpaired) electrons. The van der Waals surface area contributed by atoms with E-state index in [0.717, 1.165) is 17.0 Å². The first-order valence-electron chi connectivity index (χ1n) is 8.98. The molecule has 1 aromatic heterocycles. The van der Waals surface area contributed by atoms with Gasteiger partial charge in [0.25, 0.3) is 0 Å². The summed E-state index contributed by atoms with van der Waals surface area (Å²) >= 11 is 0. The van der Waals surface area contributed by atoms with Crippen LogP contribution < -0.4 is 15.8 Å². The third-order valence-electron chi connectivity index (χ3n) is 4.43. The zero-order chi connectivity index (χ0) is 17.3. The summed E-state index contributed by atoms with van der Waals surface area (Å²) < 4.78 is 5.74. The lowest BCUT2D eigenvalue weighted by Gasteiger charge is -2.23. The Hall–Kier alpha value is -1.83. The van der Waals surface area contributed by atoms with Gasteiger partial charge in [-0.2, -0.15) is 0 Å². The lowest BCUT2D eigenvalue weighted by atomic mass is 9.96. The van der Waals surface area contributed by atoms with Gasteiger partial charge < -0.3 is 15.8 Å². The molecule has 6 heteroatoms. The normalized spacial score (nSPS) is 15.2. The van der Waals surface area contributed by atoms with Crippen LogP contribution in [0, 0.1) is 0 Å². The van der Waals surface area contributed by atoms with Crippen molar-refractivity contribution in [3.05, 3.63) is 59.9 Å². The second-order valence-electron chi connectivity index (χ2n) is 6.43. The molecule has 3 rings (SSSR count). The summed E-state index contributed by atoms with van der Waals surface area (Å²) in [4.78, 5) is 8.69. The quantitative estimate of drug-likeness (QED) is 0.383. The van der Waals surface area contributed by atoms with Crippen molar-refractivity contribution in [2.24, 2.45) is 10.7 Å². The fourth-order valence-electron chi connectivity index (χ4n) is 3.01. The fraction of sp³-hybridized carbons (Fsp3) is 0.400. The first-order chi connectivity index (χ1) is 12.3. The van der Waals surface area contributed by atoms with Crippen molar-refractivity contribution in [1.29, 1.82) is 0 Å². The molecule has 1 heterocycles. The lowest BCUT2D eigenvalue weighted by Crippen LogP contribution is -2.41. The highest BCUT2D eigenvalue weighted by Crippen LogP contribution is 2.17. The third-order valence-corrected chi connectivity index (χ3v) is 4.43. The Morgan fingerprint density at radius 1 is 1.12 bits per heavy atom. The summed E-state index contributed by atoms with van der Waals surface area (Å²) in [7, 11) is 0. The smallest absolute Gasteiger partial charge is 0.189 e. The van der Waals surface area contributed by atoms with Crippen LogP contribution in [0.25, 0.3) is 0 Å². The molecule has 1 saturated carbocycles. The number of nitrogens with two attached hydrogens (primary N) is 1. The molecule has 140 valence electrons. The topological polar surface area (TPSA) is 72.5 Å². The van der Waals surface area contributed by atoms with E-state index in [9.17, 15) is 0 Å². The van der Waals surface area contributed by atoms with Gasteiger partial charge in [-0.1, -0.05) is 37.5 Å². The number of halogens is 1. The van der Waals surface area contributed by atoms with Gasteiger partial charge >= 0.3 is 0 Å². The second kappa shape index (κ2) is 11.0. The van der Waals surface area contributed by atoms with Gasteiger partial charge in [0.1, 0.15) is 12.4 Å². The number of aromatic nitrogens is 1. The highest BCUT2D eigenvalue weighted by atomic mass is 127. The monoisotopic (exact) mass is 466 g/mol. The first-order valence-corrected chi connectivity index (χ1v) is 8.98. The van der Waals surface area contributed by atoms with Crippen LogP contribution in [0.15, 0.2) is 53.7 Å². The Morgan fingerprint density at radius 3 is 2.58 bits per heavy atom. The van der Waals surface area contributed by atoms with Gasteiger partial charge in [0.05, 0.1) is 12.2 Å². The second-order valence-corrected chi connectivity index (χ2v) is 6.43. The first kappa shape index (κ1) is 20.5. The molecule has 0 aliphatic heterocycles. The van der Waals surface area contributed by atoms with Gasteiger partial charge in [0.2, 0.25) is 0 Å². The molecule has 1 aliphatic carbocycles. The zero-order valence-electron chi connectivity index (χ0n) is 14.9. The molecule has 2 aromatic rings. The largest absolute Gasteiger partial charge is 0.487 e. The van der Waals surface area contributed by atoms with E-state index in [2.05, 4.69) is 15.3 Å². The summed E-state index contributed by atoms with van der Waals surface area (Å²) in [5.74, 6) is 1.37. The van der Waals surface area contributed by atoms with E-state index in [1.54, 1.807) is 6.20 Å². The molecule has 0 bridgehead atoms. The zero-order valence-corrected chi connectivity index (χ0v) is 17.3. The number of hydrogen-bond donors (Lipinski definition) is 2. The molecule has 3 N–H and O–H groups in total. The average molecular weight is 466 g/mol. The van der Waals surface area contributed by atoms with E-state index in [0.29, 0.717) is 25.2 Å². The Kier molecular flexibility index (Phi) is 8.67. The Morgan fingerprint density at radius 2 is 1.88 bits per heavy atom. The highest BCUT2D eigenvalue weighted by Gasteiger charge is 2.13. The van der Waals surface area contributed by atoms with Crippen molar-refractivity contribution in [3.63, 3.8) is 0 Å². The molecule has 1 aromatic carbocycles. The van der Waals surface area contributed by atoms with Crippen molar-refractivity contribution in [1.82, 2.24) is 10.3 Å². The van der Waals surface area contributed by atoms with Crippen LogP contribution in [0.5, 0.6) is 5.75 Å². The number of guanidine groups is 1. The summed E-state index contributed by atoms with van der Waals surface area (Å²) in [6, 6.07) is 14.2.